The molecule has 200 valence electrons. The van der Waals surface area contributed by atoms with Gasteiger partial charge >= 0.3 is 5.69 Å². The SMILES string of the molecule is CN(C)C1CCN(C2C=CC(c3c(F)cc4ncc5c6c4c3OCC3(COC3)n6c(=O)n5C)=CN2C)CC1. The first kappa shape index (κ1) is 23.9. The Hall–Kier alpha value is -3.21. The molecule has 0 amide bonds. The molecule has 2 fully saturated rings. The summed E-state index contributed by atoms with van der Waals surface area (Å²) in [4.78, 5) is 24.8. The van der Waals surface area contributed by atoms with Crippen molar-refractivity contribution in [3.63, 3.8) is 0 Å². The van der Waals surface area contributed by atoms with E-state index in [1.807, 2.05) is 19.3 Å². The van der Waals surface area contributed by atoms with E-state index in [9.17, 15) is 4.79 Å². The zero-order chi connectivity index (χ0) is 26.3. The zero-order valence-electron chi connectivity index (χ0n) is 22.3. The first-order valence-electron chi connectivity index (χ1n) is 13.3. The maximum absolute atomic E-state index is 15.8. The van der Waals surface area contributed by atoms with E-state index in [0.717, 1.165) is 37.0 Å². The lowest BCUT2D eigenvalue weighted by molar-refractivity contribution is -0.118. The van der Waals surface area contributed by atoms with Crippen LogP contribution >= 0.6 is 0 Å². The lowest BCUT2D eigenvalue weighted by atomic mass is 9.97. The van der Waals surface area contributed by atoms with E-state index in [4.69, 9.17) is 9.47 Å². The topological polar surface area (TPSA) is 68.0 Å². The van der Waals surface area contributed by atoms with Gasteiger partial charge in [-0.1, -0.05) is 6.08 Å². The minimum atomic E-state index is -0.616. The molecule has 2 aromatic heterocycles. The monoisotopic (exact) mass is 520 g/mol. The summed E-state index contributed by atoms with van der Waals surface area (Å²) < 4.78 is 31.2. The lowest BCUT2D eigenvalue weighted by Gasteiger charge is -2.42. The summed E-state index contributed by atoms with van der Waals surface area (Å²) in [6, 6.07) is 2.07. The third-order valence-corrected chi connectivity index (χ3v) is 8.88. The largest absolute Gasteiger partial charge is 0.489 e. The molecule has 0 aliphatic carbocycles. The number of ether oxygens (including phenoxy) is 2. The van der Waals surface area contributed by atoms with Crippen molar-refractivity contribution in [2.75, 3.05) is 54.1 Å². The molecule has 3 aromatic rings. The highest BCUT2D eigenvalue weighted by atomic mass is 19.1. The van der Waals surface area contributed by atoms with Gasteiger partial charge in [0, 0.05) is 51.1 Å². The van der Waals surface area contributed by atoms with Crippen LogP contribution in [0, 0.1) is 5.82 Å². The second-order valence-corrected chi connectivity index (χ2v) is 11.4. The molecule has 1 aromatic carbocycles. The number of hydrogen-bond acceptors (Lipinski definition) is 7. The minimum absolute atomic E-state index is 0.119. The van der Waals surface area contributed by atoms with E-state index < -0.39 is 5.54 Å². The Morgan fingerprint density at radius 3 is 2.58 bits per heavy atom. The Bertz CT molecular complexity index is 1580. The van der Waals surface area contributed by atoms with Gasteiger partial charge in [-0.05, 0) is 33.0 Å². The molecule has 9 nitrogen and oxygen atoms in total. The molecule has 6 heterocycles. The third-order valence-electron chi connectivity index (χ3n) is 8.88. The highest BCUT2D eigenvalue weighted by Gasteiger charge is 2.47. The Morgan fingerprint density at radius 2 is 1.92 bits per heavy atom. The number of fused-ring (bicyclic) bond motifs is 1. The molecule has 0 radical (unpaired) electrons. The van der Waals surface area contributed by atoms with Gasteiger partial charge in [0.25, 0.3) is 0 Å². The molecule has 2 saturated heterocycles. The van der Waals surface area contributed by atoms with E-state index in [-0.39, 0.29) is 24.3 Å². The molecule has 4 aliphatic heterocycles. The van der Waals surface area contributed by atoms with Crippen LogP contribution in [0.1, 0.15) is 18.4 Å². The van der Waals surface area contributed by atoms with Gasteiger partial charge in [0.2, 0.25) is 0 Å². The van der Waals surface area contributed by atoms with Crippen molar-refractivity contribution in [3.8, 4) is 5.75 Å². The molecular weight excluding hydrogens is 487 g/mol. The molecule has 4 aliphatic rings. The van der Waals surface area contributed by atoms with Gasteiger partial charge < -0.3 is 19.3 Å². The average Bonchev–Trinajstić information content (AvgIpc) is 3.03. The normalized spacial score (nSPS) is 23.4. The number of likely N-dealkylation sites (N-methyl/N-ethyl adjacent to an activating group) is 1. The number of aromatic nitrogens is 3. The van der Waals surface area contributed by atoms with Crippen molar-refractivity contribution >= 4 is 27.5 Å². The van der Waals surface area contributed by atoms with E-state index in [2.05, 4.69) is 39.9 Å². The number of rotatable bonds is 3. The Morgan fingerprint density at radius 1 is 1.16 bits per heavy atom. The maximum atomic E-state index is 15.8. The van der Waals surface area contributed by atoms with Crippen molar-refractivity contribution < 1.29 is 13.9 Å². The van der Waals surface area contributed by atoms with Crippen LogP contribution in [0.3, 0.4) is 0 Å². The first-order chi connectivity index (χ1) is 18.3. The van der Waals surface area contributed by atoms with Gasteiger partial charge in [0.05, 0.1) is 46.9 Å². The highest BCUT2D eigenvalue weighted by Crippen LogP contribution is 2.45. The number of aryl methyl sites for hydroxylation is 1. The molecule has 0 saturated carbocycles. The second-order valence-electron chi connectivity index (χ2n) is 11.4. The van der Waals surface area contributed by atoms with Gasteiger partial charge in [0.1, 0.15) is 29.9 Å². The number of hydrogen-bond donors (Lipinski definition) is 0. The average molecular weight is 521 g/mol. The van der Waals surface area contributed by atoms with Gasteiger partial charge in [-0.15, -0.1) is 0 Å². The minimum Gasteiger partial charge on any atom is -0.489 e. The van der Waals surface area contributed by atoms with Crippen molar-refractivity contribution in [3.05, 3.63) is 52.5 Å². The van der Waals surface area contributed by atoms with Gasteiger partial charge in [0.15, 0.2) is 0 Å². The molecular formula is C28H33FN6O3. The zero-order valence-corrected chi connectivity index (χ0v) is 22.3. The fraction of sp³-hybridized carbons (Fsp3) is 0.500. The molecule has 0 bridgehead atoms. The van der Waals surface area contributed by atoms with Crippen molar-refractivity contribution in [1.82, 2.24) is 28.8 Å². The standard InChI is InChI=1S/C28H33FN6O3/c1-31(2)18-7-9-34(10-8-18)22-6-5-17(13-32(22)3)23-19(29)11-20-24-25-21(12-30-20)33(4)27(36)35(25)28(14-37-15-28)16-38-26(23)24/h5-6,11-13,18,22H,7-10,14-16H2,1-4H3. The van der Waals surface area contributed by atoms with Crippen LogP contribution in [0.2, 0.25) is 0 Å². The Labute approximate surface area is 220 Å². The van der Waals surface area contributed by atoms with Crippen LogP contribution in [0.25, 0.3) is 27.5 Å². The Balaban J connectivity index is 1.32. The fourth-order valence-electron chi connectivity index (χ4n) is 6.62. The molecule has 38 heavy (non-hydrogen) atoms. The maximum Gasteiger partial charge on any atom is 0.329 e. The van der Waals surface area contributed by atoms with Crippen molar-refractivity contribution in [2.45, 2.75) is 30.6 Å². The fourth-order valence-corrected chi connectivity index (χ4v) is 6.62. The summed E-state index contributed by atoms with van der Waals surface area (Å²) in [5.41, 5.74) is 2.29. The molecule has 1 atom stereocenters. The summed E-state index contributed by atoms with van der Waals surface area (Å²) in [6.45, 7) is 3.01. The quantitative estimate of drug-likeness (QED) is 0.525. The smallest absolute Gasteiger partial charge is 0.329 e. The summed E-state index contributed by atoms with van der Waals surface area (Å²) >= 11 is 0. The molecule has 1 spiro atoms. The first-order valence-corrected chi connectivity index (χ1v) is 13.3. The molecule has 10 heteroatoms. The summed E-state index contributed by atoms with van der Waals surface area (Å²) in [7, 11) is 8.08. The lowest BCUT2D eigenvalue weighted by Crippen LogP contribution is -2.58. The number of benzene rings is 1. The second kappa shape index (κ2) is 8.39. The summed E-state index contributed by atoms with van der Waals surface area (Å²) in [5.74, 6) is 0.0512. The molecule has 7 rings (SSSR count). The van der Waals surface area contributed by atoms with Crippen LogP contribution in [-0.4, -0.2) is 95.1 Å². The van der Waals surface area contributed by atoms with Gasteiger partial charge in [-0.25, -0.2) is 9.18 Å². The van der Waals surface area contributed by atoms with E-state index >= 15 is 4.39 Å². The van der Waals surface area contributed by atoms with Crippen LogP contribution < -0.4 is 10.4 Å². The number of halogens is 1. The van der Waals surface area contributed by atoms with E-state index in [1.54, 1.807) is 22.4 Å². The number of nitrogens with zero attached hydrogens (tertiary/aromatic N) is 6. The van der Waals surface area contributed by atoms with Crippen LogP contribution in [0.5, 0.6) is 5.75 Å². The summed E-state index contributed by atoms with van der Waals surface area (Å²) in [6.07, 6.45) is 10.2. The number of likely N-dealkylation sites (tertiary alicyclic amines) is 1. The highest BCUT2D eigenvalue weighted by molar-refractivity contribution is 6.09. The number of imidazole rings is 1. The number of piperidine rings is 1. The van der Waals surface area contributed by atoms with Crippen LogP contribution in [-0.2, 0) is 17.3 Å². The van der Waals surface area contributed by atoms with Gasteiger partial charge in [-0.2, -0.15) is 0 Å². The van der Waals surface area contributed by atoms with E-state index in [1.165, 1.54) is 6.07 Å². The van der Waals surface area contributed by atoms with E-state index in [0.29, 0.717) is 47.0 Å². The van der Waals surface area contributed by atoms with Crippen molar-refractivity contribution in [1.29, 1.82) is 0 Å². The van der Waals surface area contributed by atoms with Gasteiger partial charge in [-0.3, -0.25) is 19.0 Å². The predicted octanol–water partition coefficient (Wildman–Crippen LogP) is 2.34. The van der Waals surface area contributed by atoms with Crippen LogP contribution in [0.4, 0.5) is 4.39 Å². The third kappa shape index (κ3) is 3.26. The number of pyridine rings is 1. The Kier molecular flexibility index (Phi) is 5.27. The number of allylic oxidation sites excluding steroid dienone is 2. The van der Waals surface area contributed by atoms with Crippen molar-refractivity contribution in [2.24, 2.45) is 7.05 Å². The van der Waals surface area contributed by atoms with Crippen LogP contribution in [0.15, 0.2) is 35.4 Å². The molecule has 0 N–H and O–H groups in total. The summed E-state index contributed by atoms with van der Waals surface area (Å²) in [5, 5.41) is 0.671. The molecule has 1 unspecified atom stereocenters. The predicted molar refractivity (Wildman–Crippen MR) is 144 cm³/mol.